The van der Waals surface area contributed by atoms with Crippen LogP contribution in [-0.2, 0) is 5.41 Å². The van der Waals surface area contributed by atoms with Crippen LogP contribution < -0.4 is 9.80 Å². The Morgan fingerprint density at radius 3 is 1.55 bits per heavy atom. The molecular weight excluding hydrogens is 893 g/mol. The highest BCUT2D eigenvalue weighted by Gasteiger charge is 2.52. The van der Waals surface area contributed by atoms with Gasteiger partial charge in [-0.25, -0.2) is 0 Å². The summed E-state index contributed by atoms with van der Waals surface area (Å²) in [5, 5.41) is 2.49. The standard InChI is InChI=1S/C72H60N2/c1-4-16-49(17-5-1)50-30-35-57(36-31-50)74(70-43-34-51-18-10-11-23-60(51)71(70)53-19-6-2-7-20-53)59-40-42-64-62-25-13-15-27-67(62)72(69(64)47-59)66-26-14-12-24-61(66)63-41-39-58(46-68(63)72)73(55-21-8-3-9-22-55)56-37-32-52(33-38-56)65-45-48-28-29-54(65)44-48/h2-3,6-15,18-27,30-43,46-49,54,65H,1,4-5,16-17,28-29,44-45H2. The molecule has 10 aromatic rings. The monoisotopic (exact) mass is 952 g/mol. The molecule has 5 aliphatic carbocycles. The lowest BCUT2D eigenvalue weighted by Gasteiger charge is -2.34. The molecule has 0 N–H and O–H groups in total. The van der Waals surface area contributed by atoms with Crippen LogP contribution in [0.2, 0.25) is 0 Å². The molecule has 4 unspecified atom stereocenters. The molecule has 2 heteroatoms. The number of hydrogen-bond donors (Lipinski definition) is 0. The minimum atomic E-state index is -0.569. The molecule has 4 atom stereocenters. The van der Waals surface area contributed by atoms with Gasteiger partial charge in [-0.2, -0.15) is 0 Å². The molecule has 0 aromatic heterocycles. The molecule has 3 fully saturated rings. The fourth-order valence-corrected chi connectivity index (χ4v) is 15.1. The van der Waals surface area contributed by atoms with E-state index in [0.717, 1.165) is 23.2 Å². The summed E-state index contributed by atoms with van der Waals surface area (Å²) >= 11 is 0. The Morgan fingerprint density at radius 1 is 0.365 bits per heavy atom. The Morgan fingerprint density at radius 2 is 0.905 bits per heavy atom. The number of anilines is 6. The van der Waals surface area contributed by atoms with Crippen LogP contribution in [0.4, 0.5) is 34.1 Å². The lowest BCUT2D eigenvalue weighted by molar-refractivity contribution is 0.420. The van der Waals surface area contributed by atoms with Crippen LogP contribution in [-0.4, -0.2) is 0 Å². The lowest BCUT2D eigenvalue weighted by atomic mass is 9.70. The largest absolute Gasteiger partial charge is 0.310 e. The summed E-state index contributed by atoms with van der Waals surface area (Å²) in [6, 6.07) is 88.2. The zero-order valence-electron chi connectivity index (χ0n) is 42.0. The van der Waals surface area contributed by atoms with E-state index in [2.05, 4.69) is 240 Å². The van der Waals surface area contributed by atoms with E-state index >= 15 is 0 Å². The first-order valence-electron chi connectivity index (χ1n) is 27.6. The third-order valence-corrected chi connectivity index (χ3v) is 18.3. The Bertz CT molecular complexity index is 3720. The third kappa shape index (κ3) is 6.83. The zero-order valence-corrected chi connectivity index (χ0v) is 42.0. The van der Waals surface area contributed by atoms with Gasteiger partial charge >= 0.3 is 0 Å². The molecule has 5 aliphatic rings. The molecule has 358 valence electrons. The molecular formula is C72H60N2. The van der Waals surface area contributed by atoms with E-state index in [-0.39, 0.29) is 0 Å². The molecule has 74 heavy (non-hydrogen) atoms. The first kappa shape index (κ1) is 43.6. The summed E-state index contributed by atoms with van der Waals surface area (Å²) in [5.41, 5.74) is 22.4. The molecule has 10 aromatic carbocycles. The van der Waals surface area contributed by atoms with E-state index in [0.29, 0.717) is 11.8 Å². The summed E-state index contributed by atoms with van der Waals surface area (Å²) in [6.07, 6.45) is 12.1. The maximum absolute atomic E-state index is 2.57. The molecule has 0 saturated heterocycles. The Kier molecular flexibility index (Phi) is 10.4. The van der Waals surface area contributed by atoms with Crippen molar-refractivity contribution in [1.82, 2.24) is 0 Å². The molecule has 0 heterocycles. The van der Waals surface area contributed by atoms with Crippen molar-refractivity contribution in [2.24, 2.45) is 11.8 Å². The molecule has 1 spiro atoms. The van der Waals surface area contributed by atoms with Gasteiger partial charge in [0.15, 0.2) is 0 Å². The normalized spacial score (nSPS) is 20.1. The van der Waals surface area contributed by atoms with E-state index in [1.54, 1.807) is 0 Å². The van der Waals surface area contributed by atoms with E-state index < -0.39 is 5.41 Å². The van der Waals surface area contributed by atoms with Gasteiger partial charge in [-0.3, -0.25) is 0 Å². The van der Waals surface area contributed by atoms with Crippen molar-refractivity contribution in [2.45, 2.75) is 75.0 Å². The predicted molar refractivity (Wildman–Crippen MR) is 309 cm³/mol. The second-order valence-corrected chi connectivity index (χ2v) is 22.2. The highest BCUT2D eigenvalue weighted by Crippen LogP contribution is 2.64. The molecule has 0 aliphatic heterocycles. The first-order valence-corrected chi connectivity index (χ1v) is 27.6. The van der Waals surface area contributed by atoms with Crippen LogP contribution in [0, 0.1) is 11.8 Å². The zero-order chi connectivity index (χ0) is 48.7. The quantitative estimate of drug-likeness (QED) is 0.142. The van der Waals surface area contributed by atoms with E-state index in [1.165, 1.54) is 158 Å². The minimum absolute atomic E-state index is 0.569. The van der Waals surface area contributed by atoms with Gasteiger partial charge in [-0.15, -0.1) is 0 Å². The maximum Gasteiger partial charge on any atom is 0.0727 e. The van der Waals surface area contributed by atoms with Crippen molar-refractivity contribution in [3.8, 4) is 33.4 Å². The van der Waals surface area contributed by atoms with E-state index in [9.17, 15) is 0 Å². The Hall–Kier alpha value is -7.94. The van der Waals surface area contributed by atoms with E-state index in [4.69, 9.17) is 0 Å². The maximum atomic E-state index is 2.57. The summed E-state index contributed by atoms with van der Waals surface area (Å²) in [6.45, 7) is 0. The van der Waals surface area contributed by atoms with Crippen molar-refractivity contribution in [3.05, 3.63) is 264 Å². The minimum Gasteiger partial charge on any atom is -0.310 e. The van der Waals surface area contributed by atoms with Crippen LogP contribution in [0.3, 0.4) is 0 Å². The summed E-state index contributed by atoms with van der Waals surface area (Å²) in [4.78, 5) is 5.05. The molecule has 15 rings (SSSR count). The molecule has 2 nitrogen and oxygen atoms in total. The first-order chi connectivity index (χ1) is 36.7. The Balaban J connectivity index is 0.940. The number of nitrogens with zero attached hydrogens (tertiary/aromatic N) is 2. The number of para-hydroxylation sites is 1. The fourth-order valence-electron chi connectivity index (χ4n) is 15.1. The smallest absolute Gasteiger partial charge is 0.0727 e. The SMILES string of the molecule is c1ccc(-c2c(N(c3ccc(C4CCCCC4)cc3)c3ccc4c(c3)C3(c5ccccc5-c5ccc(N(c6ccccc6)c6ccc(C7CC8CCC7C8)cc6)cc53)c3ccccc3-4)ccc3ccccc23)cc1. The van der Waals surface area contributed by atoms with Gasteiger partial charge in [0.25, 0.3) is 0 Å². The van der Waals surface area contributed by atoms with Crippen LogP contribution >= 0.6 is 0 Å². The van der Waals surface area contributed by atoms with Gasteiger partial charge in [-0.05, 0) is 194 Å². The molecule has 0 amide bonds. The number of rotatable bonds is 9. The fraction of sp³-hybridized carbons (Fsp3) is 0.194. The molecule has 0 radical (unpaired) electrons. The summed E-state index contributed by atoms with van der Waals surface area (Å²) in [7, 11) is 0. The van der Waals surface area contributed by atoms with Crippen molar-refractivity contribution >= 4 is 44.9 Å². The van der Waals surface area contributed by atoms with Crippen molar-refractivity contribution in [2.75, 3.05) is 9.80 Å². The van der Waals surface area contributed by atoms with Gasteiger partial charge in [0, 0.05) is 34.0 Å². The van der Waals surface area contributed by atoms with Crippen LogP contribution in [0.25, 0.3) is 44.2 Å². The van der Waals surface area contributed by atoms with E-state index in [1.807, 2.05) is 0 Å². The van der Waals surface area contributed by atoms with Crippen molar-refractivity contribution in [1.29, 1.82) is 0 Å². The predicted octanol–water partition coefficient (Wildman–Crippen LogP) is 19.7. The highest BCUT2D eigenvalue weighted by molar-refractivity contribution is 6.06. The van der Waals surface area contributed by atoms with Crippen molar-refractivity contribution in [3.63, 3.8) is 0 Å². The van der Waals surface area contributed by atoms with Gasteiger partial charge in [0.2, 0.25) is 0 Å². The van der Waals surface area contributed by atoms with Crippen LogP contribution in [0.1, 0.15) is 103 Å². The average molecular weight is 953 g/mol. The molecule has 3 saturated carbocycles. The van der Waals surface area contributed by atoms with Gasteiger partial charge < -0.3 is 9.80 Å². The topological polar surface area (TPSA) is 6.48 Å². The number of benzene rings is 10. The van der Waals surface area contributed by atoms with Crippen molar-refractivity contribution < 1.29 is 0 Å². The second kappa shape index (κ2) is 17.6. The number of fused-ring (bicyclic) bond motifs is 13. The van der Waals surface area contributed by atoms with Crippen LogP contribution in [0.5, 0.6) is 0 Å². The third-order valence-electron chi connectivity index (χ3n) is 18.3. The van der Waals surface area contributed by atoms with Gasteiger partial charge in [-0.1, -0.05) is 189 Å². The second-order valence-electron chi connectivity index (χ2n) is 22.2. The highest BCUT2D eigenvalue weighted by atomic mass is 15.1. The summed E-state index contributed by atoms with van der Waals surface area (Å²) in [5.74, 6) is 3.09. The summed E-state index contributed by atoms with van der Waals surface area (Å²) < 4.78 is 0. The molecule has 2 bridgehead atoms. The Labute approximate surface area is 436 Å². The lowest BCUT2D eigenvalue weighted by Crippen LogP contribution is -2.26. The van der Waals surface area contributed by atoms with Crippen LogP contribution in [0.15, 0.2) is 231 Å². The average Bonchev–Trinajstić information content (AvgIpc) is 4.31. The van der Waals surface area contributed by atoms with Gasteiger partial charge in [0.05, 0.1) is 11.1 Å². The number of hydrogen-bond acceptors (Lipinski definition) is 2. The van der Waals surface area contributed by atoms with Gasteiger partial charge in [0.1, 0.15) is 0 Å².